The summed E-state index contributed by atoms with van der Waals surface area (Å²) in [6, 6.07) is 24.1. The van der Waals surface area contributed by atoms with Crippen LogP contribution >= 0.6 is 0 Å². The van der Waals surface area contributed by atoms with Crippen LogP contribution in [0.2, 0.25) is 16.6 Å². The van der Waals surface area contributed by atoms with Crippen LogP contribution in [0.3, 0.4) is 0 Å². The number of fused-ring (bicyclic) bond motifs is 1. The van der Waals surface area contributed by atoms with Gasteiger partial charge in [-0.25, -0.2) is 4.79 Å². The first-order valence-electron chi connectivity index (χ1n) is 18.1. The average molecular weight is 705 g/mol. The van der Waals surface area contributed by atoms with Gasteiger partial charge < -0.3 is 38.3 Å². The Balaban J connectivity index is 1.47. The molecule has 10 heteroatoms. The molecule has 272 valence electrons. The third kappa shape index (κ3) is 8.65. The molecule has 1 saturated heterocycles. The van der Waals surface area contributed by atoms with Crippen LogP contribution in [-0.4, -0.2) is 83.1 Å². The zero-order chi connectivity index (χ0) is 35.8. The number of likely N-dealkylation sites (tertiary alicyclic amines) is 1. The zero-order valence-electron chi connectivity index (χ0n) is 30.8. The highest BCUT2D eigenvalue weighted by Crippen LogP contribution is 2.46. The Bertz CT molecular complexity index is 1500. The van der Waals surface area contributed by atoms with Crippen molar-refractivity contribution in [1.29, 1.82) is 0 Å². The number of para-hydroxylation sites is 1. The molecule has 0 radical (unpaired) electrons. The number of piperidine rings is 1. The number of methoxy groups -OCH3 is 1. The minimum absolute atomic E-state index is 0.189. The van der Waals surface area contributed by atoms with Gasteiger partial charge in [-0.1, -0.05) is 77.9 Å². The van der Waals surface area contributed by atoms with E-state index >= 15 is 0 Å². The van der Waals surface area contributed by atoms with Gasteiger partial charge in [-0.15, -0.1) is 0 Å². The van der Waals surface area contributed by atoms with E-state index in [0.717, 1.165) is 53.6 Å². The van der Waals surface area contributed by atoms with E-state index in [2.05, 4.69) is 64.6 Å². The lowest BCUT2D eigenvalue weighted by Gasteiger charge is -2.50. The number of rotatable bonds is 15. The molecule has 0 bridgehead atoms. The molecule has 3 aromatic carbocycles. The molecular formula is C40H56N2O7Si. The first-order chi connectivity index (χ1) is 24.0. The lowest BCUT2D eigenvalue weighted by Crippen LogP contribution is -2.59. The third-order valence-electron chi connectivity index (χ3n) is 10.4. The van der Waals surface area contributed by atoms with Crippen molar-refractivity contribution in [1.82, 2.24) is 4.90 Å². The fourth-order valence-electron chi connectivity index (χ4n) is 8.12. The van der Waals surface area contributed by atoms with E-state index < -0.39 is 20.5 Å². The van der Waals surface area contributed by atoms with E-state index in [9.17, 15) is 9.90 Å². The third-order valence-corrected chi connectivity index (χ3v) is 16.5. The van der Waals surface area contributed by atoms with Crippen LogP contribution in [-0.2, 0) is 20.5 Å². The number of anilines is 1. The minimum Gasteiger partial charge on any atom is -0.490 e. The SMILES string of the molecule is COCCCN1CCOc2ccc(COC3CN(C(=O)O)CC(O[Si](C(C)C)(C(C)C)C(C)C)C3c3ccc(Oc4ccccc4)cc3)cc21. The van der Waals surface area contributed by atoms with Crippen LogP contribution in [0.25, 0.3) is 0 Å². The number of hydrogen-bond donors (Lipinski definition) is 1. The summed E-state index contributed by atoms with van der Waals surface area (Å²) < 4.78 is 31.7. The molecule has 2 aliphatic rings. The number of benzene rings is 3. The van der Waals surface area contributed by atoms with E-state index in [-0.39, 0.29) is 25.1 Å². The van der Waals surface area contributed by atoms with E-state index in [4.69, 9.17) is 23.4 Å². The van der Waals surface area contributed by atoms with Crippen molar-refractivity contribution in [2.45, 2.75) is 89.3 Å². The van der Waals surface area contributed by atoms with Crippen molar-refractivity contribution in [2.24, 2.45) is 0 Å². The highest BCUT2D eigenvalue weighted by atomic mass is 28.4. The topological polar surface area (TPSA) is 89.9 Å². The van der Waals surface area contributed by atoms with Gasteiger partial charge in [-0.2, -0.15) is 0 Å². The van der Waals surface area contributed by atoms with Gasteiger partial charge in [0.2, 0.25) is 8.32 Å². The summed E-state index contributed by atoms with van der Waals surface area (Å²) in [6.07, 6.45) is -0.844. The quantitative estimate of drug-likeness (QED) is 0.124. The Kier molecular flexibility index (Phi) is 12.9. The number of nitrogens with zero attached hydrogens (tertiary/aromatic N) is 2. The largest absolute Gasteiger partial charge is 0.490 e. The van der Waals surface area contributed by atoms with E-state index in [1.54, 1.807) is 7.11 Å². The van der Waals surface area contributed by atoms with E-state index in [0.29, 0.717) is 36.4 Å². The smallest absolute Gasteiger partial charge is 0.407 e. The van der Waals surface area contributed by atoms with E-state index in [1.807, 2.05) is 54.6 Å². The van der Waals surface area contributed by atoms with Gasteiger partial charge in [0.25, 0.3) is 0 Å². The standard InChI is InChI=1S/C40H56N2O7Si/c1-28(2)50(29(3)4,30(5)6)49-38-26-42(40(43)44)25-37(39(38)32-15-17-34(18-16-32)48-33-12-9-8-10-13-33)47-27-31-14-19-36-35(24-31)41(21-23-46-36)20-11-22-45-7/h8-10,12-19,24,28-30,37-39H,11,20-23,25-27H2,1-7H3,(H,43,44). The number of amides is 1. The Morgan fingerprint density at radius 2 is 1.56 bits per heavy atom. The molecule has 0 saturated carbocycles. The van der Waals surface area contributed by atoms with Crippen molar-refractivity contribution >= 4 is 20.1 Å². The van der Waals surface area contributed by atoms with Crippen LogP contribution in [0.5, 0.6) is 17.2 Å². The van der Waals surface area contributed by atoms with Crippen LogP contribution in [0.15, 0.2) is 72.8 Å². The first-order valence-corrected chi connectivity index (χ1v) is 20.3. The van der Waals surface area contributed by atoms with Gasteiger partial charge in [0.15, 0.2) is 0 Å². The second kappa shape index (κ2) is 17.1. The van der Waals surface area contributed by atoms with Gasteiger partial charge in [-0.3, -0.25) is 0 Å². The molecule has 0 aliphatic carbocycles. The van der Waals surface area contributed by atoms with Crippen molar-refractivity contribution < 1.29 is 33.3 Å². The highest BCUT2D eigenvalue weighted by molar-refractivity contribution is 6.77. The van der Waals surface area contributed by atoms with Crippen LogP contribution < -0.4 is 14.4 Å². The molecule has 9 nitrogen and oxygen atoms in total. The second-order valence-electron chi connectivity index (χ2n) is 14.5. The Hall–Kier alpha value is -3.57. The Labute approximate surface area is 299 Å². The van der Waals surface area contributed by atoms with Crippen LogP contribution in [0.1, 0.15) is 65.0 Å². The molecule has 1 fully saturated rings. The average Bonchev–Trinajstić information content (AvgIpc) is 3.10. The lowest BCUT2D eigenvalue weighted by atomic mass is 9.84. The Morgan fingerprint density at radius 1 is 0.900 bits per heavy atom. The van der Waals surface area contributed by atoms with Gasteiger partial charge >= 0.3 is 6.09 Å². The monoisotopic (exact) mass is 704 g/mol. The van der Waals surface area contributed by atoms with Gasteiger partial charge in [0, 0.05) is 32.7 Å². The maximum Gasteiger partial charge on any atom is 0.407 e. The van der Waals surface area contributed by atoms with Crippen molar-refractivity contribution in [3.8, 4) is 17.2 Å². The highest BCUT2D eigenvalue weighted by Gasteiger charge is 2.51. The molecule has 2 heterocycles. The maximum atomic E-state index is 12.6. The zero-order valence-corrected chi connectivity index (χ0v) is 31.8. The van der Waals surface area contributed by atoms with Gasteiger partial charge in [-0.05, 0) is 70.6 Å². The van der Waals surface area contributed by atoms with Gasteiger partial charge in [0.05, 0.1) is 37.6 Å². The summed E-state index contributed by atoms with van der Waals surface area (Å²) in [5.41, 5.74) is 4.14. The molecule has 0 spiro atoms. The molecule has 2 aliphatic heterocycles. The lowest BCUT2D eigenvalue weighted by molar-refractivity contribution is -0.0630. The molecule has 3 unspecified atom stereocenters. The molecule has 5 rings (SSSR count). The molecule has 1 N–H and O–H groups in total. The summed E-state index contributed by atoms with van der Waals surface area (Å²) in [5, 5.41) is 10.3. The number of carbonyl (C=O) groups is 1. The molecule has 0 aromatic heterocycles. The normalized spacial score (nSPS) is 19.5. The fourth-order valence-corrected chi connectivity index (χ4v) is 13.7. The number of ether oxygens (including phenoxy) is 4. The maximum absolute atomic E-state index is 12.6. The molecular weight excluding hydrogens is 649 g/mol. The summed E-state index contributed by atoms with van der Waals surface area (Å²) in [5.74, 6) is 2.19. The number of hydrogen-bond acceptors (Lipinski definition) is 7. The molecule has 3 atom stereocenters. The van der Waals surface area contributed by atoms with Gasteiger partial charge in [0.1, 0.15) is 23.9 Å². The second-order valence-corrected chi connectivity index (χ2v) is 19.9. The summed E-state index contributed by atoms with van der Waals surface area (Å²) in [7, 11) is -0.671. The van der Waals surface area contributed by atoms with Crippen molar-refractivity contribution in [3.63, 3.8) is 0 Å². The summed E-state index contributed by atoms with van der Waals surface area (Å²) in [4.78, 5) is 16.5. The summed E-state index contributed by atoms with van der Waals surface area (Å²) >= 11 is 0. The van der Waals surface area contributed by atoms with Crippen molar-refractivity contribution in [2.75, 3.05) is 51.4 Å². The molecule has 1 amide bonds. The summed E-state index contributed by atoms with van der Waals surface area (Å²) in [6.45, 7) is 17.5. The number of carboxylic acid groups (broad SMARTS) is 1. The molecule has 3 aromatic rings. The van der Waals surface area contributed by atoms with Crippen LogP contribution in [0, 0.1) is 0 Å². The van der Waals surface area contributed by atoms with E-state index in [1.165, 1.54) is 4.90 Å². The Morgan fingerprint density at radius 3 is 2.20 bits per heavy atom. The van der Waals surface area contributed by atoms with Crippen molar-refractivity contribution in [3.05, 3.63) is 83.9 Å². The fraction of sp³-hybridized carbons (Fsp3) is 0.525. The van der Waals surface area contributed by atoms with Crippen LogP contribution in [0.4, 0.5) is 10.5 Å². The predicted molar refractivity (Wildman–Crippen MR) is 200 cm³/mol. The minimum atomic E-state index is -2.40. The first kappa shape index (κ1) is 37.7. The predicted octanol–water partition coefficient (Wildman–Crippen LogP) is 8.94. The molecule has 50 heavy (non-hydrogen) atoms.